The summed E-state index contributed by atoms with van der Waals surface area (Å²) < 4.78 is 0. The lowest BCUT2D eigenvalue weighted by Crippen LogP contribution is -1.60. The first-order valence-corrected chi connectivity index (χ1v) is 15.8. The second kappa shape index (κ2) is 18.5. The quantitative estimate of drug-likeness (QED) is 0.385. The first-order valence-electron chi connectivity index (χ1n) is 6.20. The molecule has 3 rings (SSSR count). The number of rotatable bonds is 0. The molecule has 0 fully saturated rings. The third kappa shape index (κ3) is 21.7. The molecule has 0 aliphatic carbocycles. The van der Waals surface area contributed by atoms with Crippen LogP contribution in [-0.2, 0) is 0 Å². The van der Waals surface area contributed by atoms with E-state index in [-0.39, 0.29) is 0 Å². The summed E-state index contributed by atoms with van der Waals surface area (Å²) in [6.45, 7) is 0. The van der Waals surface area contributed by atoms with Gasteiger partial charge in [0.05, 0.1) is 0 Å². The van der Waals surface area contributed by atoms with Crippen molar-refractivity contribution >= 4 is 50.8 Å². The minimum absolute atomic E-state index is 0.701. The van der Waals surface area contributed by atoms with Crippen molar-refractivity contribution in [2.24, 2.45) is 0 Å². The first kappa shape index (κ1) is 21.4. The molecule has 0 bridgehead atoms. The molecule has 3 aromatic heterocycles. The Balaban J connectivity index is 0.000000271. The molecule has 7 heteroatoms. The van der Waals surface area contributed by atoms with E-state index in [2.05, 4.69) is 57.1 Å². The highest BCUT2D eigenvalue weighted by atomic mass is 80.0. The van der Waals surface area contributed by atoms with Gasteiger partial charge in [-0.1, -0.05) is 18.2 Å². The molecule has 0 saturated heterocycles. The van der Waals surface area contributed by atoms with Crippen LogP contribution in [0.15, 0.2) is 91.8 Å². The molecule has 0 amide bonds. The molecule has 3 nitrogen and oxygen atoms in total. The maximum atomic E-state index is 3.78. The Morgan fingerprint density at radius 1 is 0.409 bits per heavy atom. The molecule has 0 aliphatic rings. The zero-order valence-electron chi connectivity index (χ0n) is 11.7. The fourth-order valence-corrected chi connectivity index (χ4v) is 0.938. The van der Waals surface area contributed by atoms with Crippen LogP contribution in [0.4, 0.5) is 0 Å². The Labute approximate surface area is 156 Å². The van der Waals surface area contributed by atoms with Crippen molar-refractivity contribution in [1.82, 2.24) is 15.0 Å². The summed E-state index contributed by atoms with van der Waals surface area (Å²) in [5, 5.41) is 0. The van der Waals surface area contributed by atoms with E-state index in [9.17, 15) is 0 Å². The summed E-state index contributed by atoms with van der Waals surface area (Å²) in [5.41, 5.74) is 0. The van der Waals surface area contributed by atoms with E-state index in [0.29, 0.717) is 0 Å². The Kier molecular flexibility index (Phi) is 18.0. The standard InChI is InChI=1S/3C5H5N.Al.3BrH/c3*1-2-4-6-5-3-1;;;;/h3*1-5H;;3*1H/q;;;+3;;;/p-3. The molecule has 0 unspecified atom stereocenters. The summed E-state index contributed by atoms with van der Waals surface area (Å²) >= 11 is 9.73. The normalized spacial score (nSPS) is 7.77. The Bertz CT molecular complexity index is 358. The van der Waals surface area contributed by atoms with Crippen molar-refractivity contribution in [1.29, 1.82) is 0 Å². The summed E-state index contributed by atoms with van der Waals surface area (Å²) in [7, 11) is -0.701. The van der Waals surface area contributed by atoms with E-state index in [0.717, 1.165) is 0 Å². The maximum Gasteiger partial charge on any atom is 0.542 e. The highest BCUT2D eigenvalue weighted by molar-refractivity contribution is 9.69. The van der Waals surface area contributed by atoms with E-state index in [1.54, 1.807) is 37.2 Å². The van der Waals surface area contributed by atoms with E-state index < -0.39 is 8.67 Å². The number of nitrogens with zero attached hydrogens (tertiary/aromatic N) is 3. The molecule has 0 atom stereocenters. The Hall–Kier alpha value is -0.578. The zero-order valence-corrected chi connectivity index (χ0v) is 17.6. The van der Waals surface area contributed by atoms with Crippen molar-refractivity contribution in [3.05, 3.63) is 91.8 Å². The third-order valence-electron chi connectivity index (χ3n) is 1.70. The van der Waals surface area contributed by atoms with Crippen molar-refractivity contribution < 1.29 is 0 Å². The third-order valence-corrected chi connectivity index (χ3v) is 1.70. The fraction of sp³-hybridized carbons (Fsp3) is 0. The molecule has 0 aliphatic heterocycles. The molecule has 22 heavy (non-hydrogen) atoms. The molecule has 0 saturated carbocycles. The second-order valence-electron chi connectivity index (χ2n) is 3.32. The topological polar surface area (TPSA) is 38.7 Å². The predicted molar refractivity (Wildman–Crippen MR) is 105 cm³/mol. The van der Waals surface area contributed by atoms with Gasteiger partial charge in [-0.25, -0.2) is 0 Å². The second-order valence-corrected chi connectivity index (χ2v) is 23.1. The Morgan fingerprint density at radius 3 is 0.636 bits per heavy atom. The van der Waals surface area contributed by atoms with Gasteiger partial charge in [-0.2, -0.15) is 42.2 Å². The molecule has 0 aromatic carbocycles. The van der Waals surface area contributed by atoms with Crippen molar-refractivity contribution in [3.63, 3.8) is 0 Å². The van der Waals surface area contributed by atoms with Crippen molar-refractivity contribution in [3.8, 4) is 0 Å². The average Bonchev–Trinajstić information content (AvgIpc) is 2.60. The first-order chi connectivity index (χ1) is 10.7. The summed E-state index contributed by atoms with van der Waals surface area (Å²) in [6, 6.07) is 17.1. The van der Waals surface area contributed by atoms with Crippen LogP contribution < -0.4 is 0 Å². The summed E-state index contributed by atoms with van der Waals surface area (Å²) in [4.78, 5) is 11.4. The fourth-order valence-electron chi connectivity index (χ4n) is 0.938. The number of pyridine rings is 3. The van der Waals surface area contributed by atoms with E-state index in [4.69, 9.17) is 0 Å². The predicted octanol–water partition coefficient (Wildman–Crippen LogP) is 5.40. The SMILES string of the molecule is [Br][Al]([Br])[Br].c1ccncc1.c1ccncc1.c1ccncc1. The van der Waals surface area contributed by atoms with Crippen LogP contribution in [0.25, 0.3) is 0 Å². The van der Waals surface area contributed by atoms with E-state index >= 15 is 0 Å². The monoisotopic (exact) mass is 501 g/mol. The van der Waals surface area contributed by atoms with Gasteiger partial charge in [-0.15, -0.1) is 0 Å². The molecular formula is C15H15AlBr3N3. The maximum absolute atomic E-state index is 3.78. The smallest absolute Gasteiger partial charge is 0.265 e. The molecule has 114 valence electrons. The average molecular weight is 504 g/mol. The summed E-state index contributed by atoms with van der Waals surface area (Å²) in [5.74, 6) is 0. The molecule has 0 radical (unpaired) electrons. The zero-order chi connectivity index (χ0) is 16.3. The van der Waals surface area contributed by atoms with Crippen LogP contribution in [0.2, 0.25) is 0 Å². The van der Waals surface area contributed by atoms with Crippen LogP contribution in [0.1, 0.15) is 0 Å². The van der Waals surface area contributed by atoms with Gasteiger partial charge in [0.25, 0.3) is 0 Å². The molecule has 0 N–H and O–H groups in total. The van der Waals surface area contributed by atoms with Gasteiger partial charge in [0, 0.05) is 37.2 Å². The van der Waals surface area contributed by atoms with Crippen molar-refractivity contribution in [2.75, 3.05) is 0 Å². The van der Waals surface area contributed by atoms with Crippen LogP contribution in [0.5, 0.6) is 0 Å². The van der Waals surface area contributed by atoms with Gasteiger partial charge in [0.15, 0.2) is 0 Å². The van der Waals surface area contributed by atoms with Crippen molar-refractivity contribution in [2.45, 2.75) is 0 Å². The van der Waals surface area contributed by atoms with Crippen LogP contribution in [0.3, 0.4) is 0 Å². The van der Waals surface area contributed by atoms with Gasteiger partial charge in [-0.3, -0.25) is 15.0 Å². The van der Waals surface area contributed by atoms with Gasteiger partial charge >= 0.3 is 8.67 Å². The lowest BCUT2D eigenvalue weighted by Gasteiger charge is -1.70. The summed E-state index contributed by atoms with van der Waals surface area (Å²) in [6.07, 6.45) is 10.5. The van der Waals surface area contributed by atoms with E-state index in [1.807, 2.05) is 54.6 Å². The number of aromatic nitrogens is 3. The molecule has 3 heterocycles. The molecule has 0 spiro atoms. The minimum Gasteiger partial charge on any atom is -0.265 e. The van der Waals surface area contributed by atoms with Crippen LogP contribution in [0, 0.1) is 0 Å². The lowest BCUT2D eigenvalue weighted by molar-refractivity contribution is 1.33. The lowest BCUT2D eigenvalue weighted by atomic mass is 10.5. The van der Waals surface area contributed by atoms with Gasteiger partial charge in [0.1, 0.15) is 0 Å². The minimum atomic E-state index is -0.701. The van der Waals surface area contributed by atoms with E-state index in [1.165, 1.54) is 0 Å². The molecular weight excluding hydrogens is 489 g/mol. The molecule has 3 aromatic rings. The largest absolute Gasteiger partial charge is 0.542 e. The Morgan fingerprint density at radius 2 is 0.591 bits per heavy atom. The van der Waals surface area contributed by atoms with Crippen LogP contribution in [-0.4, -0.2) is 23.6 Å². The number of hydrogen-bond donors (Lipinski definition) is 0. The van der Waals surface area contributed by atoms with Gasteiger partial charge in [0.2, 0.25) is 0 Å². The number of halogens is 3. The number of hydrogen-bond acceptors (Lipinski definition) is 3. The van der Waals surface area contributed by atoms with Crippen LogP contribution >= 0.6 is 42.2 Å². The highest BCUT2D eigenvalue weighted by Crippen LogP contribution is 2.07. The highest BCUT2D eigenvalue weighted by Gasteiger charge is 1.95. The van der Waals surface area contributed by atoms with Gasteiger partial charge < -0.3 is 0 Å². The van der Waals surface area contributed by atoms with Gasteiger partial charge in [-0.05, 0) is 36.4 Å².